The molecule has 0 aromatic carbocycles. The first-order chi connectivity index (χ1) is 9.13. The van der Waals surface area contributed by atoms with Crippen LogP contribution < -0.4 is 0 Å². The van der Waals surface area contributed by atoms with Crippen LogP contribution >= 0.6 is 27.5 Å². The van der Waals surface area contributed by atoms with Crippen molar-refractivity contribution in [3.8, 4) is 0 Å². The molecule has 5 heteroatoms. The molecule has 0 amide bonds. The maximum atomic E-state index is 8.76. The monoisotopic (exact) mass is 347 g/mol. The number of hydrogen-bond acceptors (Lipinski definition) is 3. The van der Waals surface area contributed by atoms with E-state index in [-0.39, 0.29) is 6.61 Å². The van der Waals surface area contributed by atoms with Crippen molar-refractivity contribution in [1.29, 1.82) is 0 Å². The molecule has 0 aliphatic heterocycles. The summed E-state index contributed by atoms with van der Waals surface area (Å²) in [5, 5.41) is 9.23. The number of unbranched alkanes of at least 4 members (excludes halogenated alkanes) is 1. The van der Waals surface area contributed by atoms with Crippen molar-refractivity contribution in [2.45, 2.75) is 40.0 Å². The third-order valence-electron chi connectivity index (χ3n) is 2.62. The highest BCUT2D eigenvalue weighted by molar-refractivity contribution is 9.10. The van der Waals surface area contributed by atoms with E-state index in [2.05, 4.69) is 20.9 Å². The van der Waals surface area contributed by atoms with E-state index < -0.39 is 0 Å². The predicted molar refractivity (Wildman–Crippen MR) is 82.8 cm³/mol. The number of aryl methyl sites for hydroxylation is 2. The molecule has 0 fully saturated rings. The van der Waals surface area contributed by atoms with Gasteiger partial charge < -0.3 is 9.52 Å². The van der Waals surface area contributed by atoms with Crippen LogP contribution in [-0.2, 0) is 6.42 Å². The summed E-state index contributed by atoms with van der Waals surface area (Å²) >= 11 is 9.42. The van der Waals surface area contributed by atoms with Gasteiger partial charge in [0.05, 0.1) is 4.47 Å². The molecule has 0 bridgehead atoms. The molecule has 0 radical (unpaired) electrons. The maximum Gasteiger partial charge on any atom is 0.156 e. The molecule has 0 atom stereocenters. The minimum absolute atomic E-state index is 0.209. The highest BCUT2D eigenvalue weighted by Gasteiger charge is 2.15. The summed E-state index contributed by atoms with van der Waals surface area (Å²) in [6, 6.07) is 1.79. The summed E-state index contributed by atoms with van der Waals surface area (Å²) in [4.78, 5) is 4.26. The van der Waals surface area contributed by atoms with Gasteiger partial charge in [-0.05, 0) is 47.3 Å². The summed E-state index contributed by atoms with van der Waals surface area (Å²) in [6.45, 7) is 6.16. The standard InChI is InChI=1S/C12H13BrClNO2.C2H6/c1-7-6-9(14)15-11-10(13)8(17-12(7)11)4-2-3-5-16;1-2/h6,16H,2-5H2,1H3;1-2H3. The number of nitrogens with zero attached hydrogens (tertiary/aromatic N) is 1. The summed E-state index contributed by atoms with van der Waals surface area (Å²) in [5.41, 5.74) is 2.53. The molecule has 2 heterocycles. The zero-order chi connectivity index (χ0) is 14.4. The van der Waals surface area contributed by atoms with Gasteiger partial charge in [0.2, 0.25) is 0 Å². The Kier molecular flexibility index (Phi) is 6.83. The minimum atomic E-state index is 0.209. The van der Waals surface area contributed by atoms with Crippen LogP contribution in [0.3, 0.4) is 0 Å². The van der Waals surface area contributed by atoms with E-state index in [4.69, 9.17) is 21.1 Å². The van der Waals surface area contributed by atoms with E-state index in [1.165, 1.54) is 0 Å². The average Bonchev–Trinajstić information content (AvgIpc) is 2.71. The number of aliphatic hydroxyl groups is 1. The molecule has 0 saturated heterocycles. The van der Waals surface area contributed by atoms with Gasteiger partial charge in [0, 0.05) is 13.0 Å². The number of rotatable bonds is 4. The molecule has 1 N–H and O–H groups in total. The van der Waals surface area contributed by atoms with Crippen molar-refractivity contribution in [1.82, 2.24) is 4.98 Å². The van der Waals surface area contributed by atoms with Crippen LogP contribution in [0, 0.1) is 6.92 Å². The Morgan fingerprint density at radius 3 is 2.68 bits per heavy atom. The van der Waals surface area contributed by atoms with E-state index in [0.717, 1.165) is 46.2 Å². The fraction of sp³-hybridized carbons (Fsp3) is 0.500. The summed E-state index contributed by atoms with van der Waals surface area (Å²) in [7, 11) is 0. The van der Waals surface area contributed by atoms with Gasteiger partial charge in [0.25, 0.3) is 0 Å². The van der Waals surface area contributed by atoms with Crippen molar-refractivity contribution in [3.63, 3.8) is 0 Å². The van der Waals surface area contributed by atoms with Crippen LogP contribution in [0.2, 0.25) is 5.15 Å². The van der Waals surface area contributed by atoms with Gasteiger partial charge >= 0.3 is 0 Å². The van der Waals surface area contributed by atoms with Crippen molar-refractivity contribution in [2.75, 3.05) is 6.61 Å². The van der Waals surface area contributed by atoms with Crippen LogP contribution in [-0.4, -0.2) is 16.7 Å². The number of fused-ring (bicyclic) bond motifs is 1. The van der Waals surface area contributed by atoms with Crippen LogP contribution in [0.1, 0.15) is 38.0 Å². The fourth-order valence-corrected chi connectivity index (χ4v) is 2.55. The highest BCUT2D eigenvalue weighted by Crippen LogP contribution is 2.33. The van der Waals surface area contributed by atoms with E-state index in [9.17, 15) is 0 Å². The SMILES string of the molecule is CC.Cc1cc(Cl)nc2c(Br)c(CCCCO)oc12. The topological polar surface area (TPSA) is 46.3 Å². The molecule has 0 spiro atoms. The van der Waals surface area contributed by atoms with Gasteiger partial charge in [-0.15, -0.1) is 0 Å². The van der Waals surface area contributed by atoms with Crippen LogP contribution in [0.25, 0.3) is 11.1 Å². The van der Waals surface area contributed by atoms with Gasteiger partial charge in [0.15, 0.2) is 5.58 Å². The largest absolute Gasteiger partial charge is 0.458 e. The highest BCUT2D eigenvalue weighted by atomic mass is 79.9. The molecule has 2 aromatic heterocycles. The lowest BCUT2D eigenvalue weighted by molar-refractivity contribution is 0.283. The third kappa shape index (κ3) is 3.94. The first-order valence-corrected chi connectivity index (χ1v) is 7.65. The maximum absolute atomic E-state index is 8.76. The third-order valence-corrected chi connectivity index (χ3v) is 3.63. The van der Waals surface area contributed by atoms with Crippen molar-refractivity contribution >= 4 is 38.6 Å². The van der Waals surface area contributed by atoms with E-state index in [1.807, 2.05) is 20.8 Å². The lowest BCUT2D eigenvalue weighted by Gasteiger charge is -1.95. The number of aromatic nitrogens is 1. The number of aliphatic hydroxyl groups excluding tert-OH is 1. The van der Waals surface area contributed by atoms with Crippen LogP contribution in [0.5, 0.6) is 0 Å². The molecule has 0 saturated carbocycles. The lowest BCUT2D eigenvalue weighted by atomic mass is 10.2. The fourth-order valence-electron chi connectivity index (χ4n) is 1.76. The zero-order valence-corrected chi connectivity index (χ0v) is 13.8. The van der Waals surface area contributed by atoms with E-state index in [0.29, 0.717) is 5.15 Å². The van der Waals surface area contributed by atoms with Crippen LogP contribution in [0.15, 0.2) is 15.0 Å². The Balaban J connectivity index is 0.000000861. The van der Waals surface area contributed by atoms with Crippen LogP contribution in [0.4, 0.5) is 0 Å². The summed E-state index contributed by atoms with van der Waals surface area (Å²) in [5.74, 6) is 0.867. The van der Waals surface area contributed by atoms with Gasteiger partial charge in [-0.1, -0.05) is 25.4 Å². The molecule has 0 aliphatic rings. The molecule has 0 aliphatic carbocycles. The first kappa shape index (κ1) is 16.5. The van der Waals surface area contributed by atoms with Gasteiger partial charge in [-0.3, -0.25) is 0 Å². The van der Waals surface area contributed by atoms with Gasteiger partial charge in [-0.25, -0.2) is 4.98 Å². The Bertz CT molecular complexity index is 540. The first-order valence-electron chi connectivity index (χ1n) is 6.48. The minimum Gasteiger partial charge on any atom is -0.458 e. The van der Waals surface area contributed by atoms with Gasteiger partial charge in [0.1, 0.15) is 16.4 Å². The van der Waals surface area contributed by atoms with E-state index in [1.54, 1.807) is 6.07 Å². The smallest absolute Gasteiger partial charge is 0.156 e. The number of furan rings is 1. The van der Waals surface area contributed by atoms with E-state index >= 15 is 0 Å². The lowest BCUT2D eigenvalue weighted by Crippen LogP contribution is -1.87. The molecule has 2 rings (SSSR count). The van der Waals surface area contributed by atoms with Gasteiger partial charge in [-0.2, -0.15) is 0 Å². The molecule has 0 unspecified atom stereocenters. The Labute approximate surface area is 127 Å². The molecule has 106 valence electrons. The second-order valence-electron chi connectivity index (χ2n) is 3.96. The predicted octanol–water partition coefficient (Wildman–Crippen LogP) is 4.89. The summed E-state index contributed by atoms with van der Waals surface area (Å²) in [6.07, 6.45) is 2.45. The quantitative estimate of drug-likeness (QED) is 0.632. The molecular weight excluding hydrogens is 330 g/mol. The number of pyridine rings is 1. The Hall–Kier alpha value is -0.580. The second-order valence-corrected chi connectivity index (χ2v) is 5.14. The normalized spacial score (nSPS) is 10.4. The average molecular weight is 349 g/mol. The molecule has 19 heavy (non-hydrogen) atoms. The number of halogens is 2. The molecule has 3 nitrogen and oxygen atoms in total. The Morgan fingerprint density at radius 2 is 2.05 bits per heavy atom. The summed E-state index contributed by atoms with van der Waals surface area (Å²) < 4.78 is 6.65. The molecule has 2 aromatic rings. The van der Waals surface area contributed by atoms with Crippen molar-refractivity contribution in [2.24, 2.45) is 0 Å². The zero-order valence-electron chi connectivity index (χ0n) is 11.5. The number of hydrogen-bond donors (Lipinski definition) is 1. The Morgan fingerprint density at radius 1 is 1.37 bits per heavy atom. The molecular formula is C14H19BrClNO2. The van der Waals surface area contributed by atoms with Crippen molar-refractivity contribution in [3.05, 3.63) is 27.0 Å². The van der Waals surface area contributed by atoms with Crippen molar-refractivity contribution < 1.29 is 9.52 Å². The second kappa shape index (κ2) is 7.88.